The summed E-state index contributed by atoms with van der Waals surface area (Å²) in [4.78, 5) is 23.4. The van der Waals surface area contributed by atoms with Crippen LogP contribution in [0, 0.1) is 6.92 Å². The fraction of sp³-hybridized carbons (Fsp3) is 0.111. The Hall–Kier alpha value is -1.82. The number of rotatable bonds is 2. The van der Waals surface area contributed by atoms with Crippen LogP contribution in [0.5, 0.6) is 0 Å². The smallest absolute Gasteiger partial charge is 0.287 e. The van der Waals surface area contributed by atoms with Gasteiger partial charge < -0.3 is 0 Å². The highest BCUT2D eigenvalue weighted by molar-refractivity contribution is 7.11. The fourth-order valence-corrected chi connectivity index (χ4v) is 1.67. The molecule has 0 atom stereocenters. The highest BCUT2D eigenvalue weighted by Crippen LogP contribution is 2.09. The zero-order valence-electron chi connectivity index (χ0n) is 7.97. The van der Waals surface area contributed by atoms with Crippen LogP contribution in [-0.4, -0.2) is 20.9 Å². The molecule has 5 nitrogen and oxygen atoms in total. The molecule has 2 aromatic rings. The highest BCUT2D eigenvalue weighted by atomic mass is 32.1. The van der Waals surface area contributed by atoms with Crippen LogP contribution in [-0.2, 0) is 0 Å². The van der Waals surface area contributed by atoms with Crippen LogP contribution >= 0.6 is 11.3 Å². The molecule has 1 amide bonds. The van der Waals surface area contributed by atoms with Gasteiger partial charge in [-0.2, -0.15) is 0 Å². The van der Waals surface area contributed by atoms with E-state index in [0.29, 0.717) is 5.01 Å². The number of hydrogen-bond acceptors (Lipinski definition) is 5. The quantitative estimate of drug-likeness (QED) is 0.832. The van der Waals surface area contributed by atoms with Crippen molar-refractivity contribution in [2.45, 2.75) is 6.92 Å². The van der Waals surface area contributed by atoms with Gasteiger partial charge in [0.05, 0.1) is 0 Å². The van der Waals surface area contributed by atoms with Gasteiger partial charge >= 0.3 is 0 Å². The molecule has 0 aliphatic carbocycles. The van der Waals surface area contributed by atoms with Crippen LogP contribution in [0.4, 0.5) is 5.95 Å². The number of carbonyl (C=O) groups excluding carboxylic acids is 1. The molecular formula is C9H8N4OS. The molecule has 15 heavy (non-hydrogen) atoms. The molecule has 0 fully saturated rings. The SMILES string of the molecule is Cc1csc(C(=O)Nc2ncccn2)n1. The Labute approximate surface area is 90.2 Å². The van der Waals surface area contributed by atoms with E-state index in [2.05, 4.69) is 20.3 Å². The first-order chi connectivity index (χ1) is 7.25. The maximum atomic E-state index is 11.6. The average molecular weight is 220 g/mol. The lowest BCUT2D eigenvalue weighted by Gasteiger charge is -1.98. The van der Waals surface area contributed by atoms with Crippen molar-refractivity contribution in [3.05, 3.63) is 34.5 Å². The van der Waals surface area contributed by atoms with Crippen LogP contribution in [0.25, 0.3) is 0 Å². The van der Waals surface area contributed by atoms with Crippen molar-refractivity contribution in [3.63, 3.8) is 0 Å². The van der Waals surface area contributed by atoms with E-state index in [-0.39, 0.29) is 11.9 Å². The Kier molecular flexibility index (Phi) is 2.68. The number of anilines is 1. The molecule has 6 heteroatoms. The van der Waals surface area contributed by atoms with Gasteiger partial charge in [0.1, 0.15) is 0 Å². The van der Waals surface area contributed by atoms with E-state index in [1.54, 1.807) is 18.5 Å². The Morgan fingerprint density at radius 2 is 2.13 bits per heavy atom. The van der Waals surface area contributed by atoms with Crippen LogP contribution in [0.1, 0.15) is 15.5 Å². The zero-order chi connectivity index (χ0) is 10.7. The van der Waals surface area contributed by atoms with E-state index in [1.165, 1.54) is 11.3 Å². The number of aromatic nitrogens is 3. The zero-order valence-corrected chi connectivity index (χ0v) is 8.78. The van der Waals surface area contributed by atoms with Gasteiger partial charge in [-0.15, -0.1) is 11.3 Å². The maximum Gasteiger partial charge on any atom is 0.287 e. The molecule has 76 valence electrons. The van der Waals surface area contributed by atoms with E-state index in [0.717, 1.165) is 5.69 Å². The molecule has 2 heterocycles. The first-order valence-electron chi connectivity index (χ1n) is 4.26. The number of amides is 1. The highest BCUT2D eigenvalue weighted by Gasteiger charge is 2.10. The molecule has 2 rings (SSSR count). The summed E-state index contributed by atoms with van der Waals surface area (Å²) < 4.78 is 0. The molecule has 0 unspecified atom stereocenters. The van der Waals surface area contributed by atoms with Gasteiger partial charge in [-0.25, -0.2) is 15.0 Å². The van der Waals surface area contributed by atoms with Gasteiger partial charge in [0.15, 0.2) is 5.01 Å². The van der Waals surface area contributed by atoms with Gasteiger partial charge in [0, 0.05) is 23.5 Å². The van der Waals surface area contributed by atoms with Crippen LogP contribution in [0.3, 0.4) is 0 Å². The second-order valence-corrected chi connectivity index (χ2v) is 3.68. The van der Waals surface area contributed by atoms with Crippen LogP contribution in [0.2, 0.25) is 0 Å². The monoisotopic (exact) mass is 220 g/mol. The number of hydrogen-bond donors (Lipinski definition) is 1. The Balaban J connectivity index is 2.11. The van der Waals surface area contributed by atoms with Crippen molar-refractivity contribution in [2.24, 2.45) is 0 Å². The van der Waals surface area contributed by atoms with Gasteiger partial charge in [0.2, 0.25) is 5.95 Å². The minimum absolute atomic E-state index is 0.278. The van der Waals surface area contributed by atoms with Crippen molar-refractivity contribution < 1.29 is 4.79 Å². The van der Waals surface area contributed by atoms with Crippen molar-refractivity contribution in [1.82, 2.24) is 15.0 Å². The second kappa shape index (κ2) is 4.14. The van der Waals surface area contributed by atoms with E-state index in [1.807, 2.05) is 12.3 Å². The fourth-order valence-electron chi connectivity index (χ4n) is 0.977. The minimum atomic E-state index is -0.278. The van der Waals surface area contributed by atoms with Gasteiger partial charge in [-0.3, -0.25) is 10.1 Å². The summed E-state index contributed by atoms with van der Waals surface area (Å²) in [5.41, 5.74) is 0.833. The molecule has 0 saturated heterocycles. The predicted molar refractivity (Wildman–Crippen MR) is 56.8 cm³/mol. The lowest BCUT2D eigenvalue weighted by molar-refractivity contribution is 0.102. The van der Waals surface area contributed by atoms with E-state index < -0.39 is 0 Å². The van der Waals surface area contributed by atoms with Gasteiger partial charge in [-0.05, 0) is 13.0 Å². The molecule has 0 aliphatic heterocycles. The topological polar surface area (TPSA) is 67.8 Å². The molecule has 0 bridgehead atoms. The lowest BCUT2D eigenvalue weighted by Crippen LogP contribution is -2.13. The first-order valence-corrected chi connectivity index (χ1v) is 5.14. The Morgan fingerprint density at radius 1 is 1.40 bits per heavy atom. The second-order valence-electron chi connectivity index (χ2n) is 2.82. The van der Waals surface area contributed by atoms with Crippen molar-refractivity contribution in [1.29, 1.82) is 0 Å². The Bertz CT molecular complexity index is 468. The standard InChI is InChI=1S/C9H8N4OS/c1-6-5-15-8(12-6)7(14)13-9-10-3-2-4-11-9/h2-5H,1H3,(H,10,11,13,14). The number of nitrogens with one attached hydrogen (secondary N) is 1. The van der Waals surface area contributed by atoms with E-state index in [9.17, 15) is 4.79 Å². The van der Waals surface area contributed by atoms with E-state index >= 15 is 0 Å². The Morgan fingerprint density at radius 3 is 2.73 bits per heavy atom. The summed E-state index contributed by atoms with van der Waals surface area (Å²) in [7, 11) is 0. The third-order valence-corrected chi connectivity index (χ3v) is 2.56. The maximum absolute atomic E-state index is 11.6. The molecule has 0 aromatic carbocycles. The number of carbonyl (C=O) groups is 1. The summed E-state index contributed by atoms with van der Waals surface area (Å²) >= 11 is 1.30. The minimum Gasteiger partial charge on any atom is -0.288 e. The predicted octanol–water partition coefficient (Wildman–Crippen LogP) is 1.49. The van der Waals surface area contributed by atoms with Crippen LogP contribution < -0.4 is 5.32 Å². The summed E-state index contributed by atoms with van der Waals surface area (Å²) in [6, 6.07) is 1.68. The molecular weight excluding hydrogens is 212 g/mol. The average Bonchev–Trinajstić information content (AvgIpc) is 2.66. The number of aryl methyl sites for hydroxylation is 1. The summed E-state index contributed by atoms with van der Waals surface area (Å²) in [5, 5.41) is 4.80. The van der Waals surface area contributed by atoms with Crippen molar-refractivity contribution in [2.75, 3.05) is 5.32 Å². The molecule has 1 N–H and O–H groups in total. The molecule has 0 saturated carbocycles. The summed E-state index contributed by atoms with van der Waals surface area (Å²) in [6.45, 7) is 1.84. The third kappa shape index (κ3) is 2.35. The van der Waals surface area contributed by atoms with Gasteiger partial charge in [0.25, 0.3) is 5.91 Å². The lowest BCUT2D eigenvalue weighted by atomic mass is 10.5. The molecule has 0 radical (unpaired) electrons. The van der Waals surface area contributed by atoms with Crippen LogP contribution in [0.15, 0.2) is 23.8 Å². The molecule has 2 aromatic heterocycles. The van der Waals surface area contributed by atoms with Gasteiger partial charge in [-0.1, -0.05) is 0 Å². The van der Waals surface area contributed by atoms with Crippen molar-refractivity contribution in [3.8, 4) is 0 Å². The number of nitrogens with zero attached hydrogens (tertiary/aromatic N) is 3. The first kappa shape index (κ1) is 9.72. The molecule has 0 aliphatic rings. The summed E-state index contributed by atoms with van der Waals surface area (Å²) in [6.07, 6.45) is 3.13. The largest absolute Gasteiger partial charge is 0.288 e. The summed E-state index contributed by atoms with van der Waals surface area (Å²) in [5.74, 6) is 0.00894. The normalized spacial score (nSPS) is 9.93. The number of thiazole rings is 1. The van der Waals surface area contributed by atoms with Crippen molar-refractivity contribution >= 4 is 23.2 Å². The van der Waals surface area contributed by atoms with E-state index in [4.69, 9.17) is 0 Å². The molecule has 0 spiro atoms. The third-order valence-electron chi connectivity index (χ3n) is 1.60.